The van der Waals surface area contributed by atoms with Crippen LogP contribution >= 0.6 is 0 Å². The van der Waals surface area contributed by atoms with Crippen LogP contribution in [-0.4, -0.2) is 46.0 Å². The highest BCUT2D eigenvalue weighted by Gasteiger charge is 2.65. The lowest BCUT2D eigenvalue weighted by molar-refractivity contribution is -0.149. The number of likely N-dealkylation sites (tertiary alicyclic amines) is 2. The van der Waals surface area contributed by atoms with Gasteiger partial charge in [-0.1, -0.05) is 49.1 Å². The van der Waals surface area contributed by atoms with E-state index in [1.54, 1.807) is 6.92 Å². The van der Waals surface area contributed by atoms with Crippen LogP contribution in [0.3, 0.4) is 0 Å². The first kappa shape index (κ1) is 20.6. The van der Waals surface area contributed by atoms with E-state index in [4.69, 9.17) is 5.73 Å². The third-order valence-corrected chi connectivity index (χ3v) is 7.00. The van der Waals surface area contributed by atoms with Gasteiger partial charge in [-0.3, -0.25) is 24.1 Å². The Bertz CT molecular complexity index is 875. The summed E-state index contributed by atoms with van der Waals surface area (Å²) in [4.78, 5) is 55.2. The normalized spacial score (nSPS) is 29.4. The van der Waals surface area contributed by atoms with Crippen molar-refractivity contribution in [3.05, 3.63) is 35.4 Å². The van der Waals surface area contributed by atoms with Crippen LogP contribution in [0, 0.1) is 24.7 Å². The summed E-state index contributed by atoms with van der Waals surface area (Å²) in [7, 11) is 0. The molecule has 0 bridgehead atoms. The molecule has 2 saturated heterocycles. The van der Waals surface area contributed by atoms with Crippen molar-refractivity contribution in [3.63, 3.8) is 0 Å². The van der Waals surface area contributed by atoms with Crippen LogP contribution in [0.4, 0.5) is 0 Å². The molecule has 4 amide bonds. The Balaban J connectivity index is 1.83. The van der Waals surface area contributed by atoms with Gasteiger partial charge < -0.3 is 10.6 Å². The van der Waals surface area contributed by atoms with Crippen LogP contribution in [0.5, 0.6) is 0 Å². The molecule has 7 nitrogen and oxygen atoms in total. The molecule has 2 aliphatic heterocycles. The molecule has 0 aromatic heterocycles. The van der Waals surface area contributed by atoms with E-state index in [1.165, 1.54) is 9.80 Å². The van der Waals surface area contributed by atoms with Crippen molar-refractivity contribution in [2.75, 3.05) is 6.54 Å². The highest BCUT2D eigenvalue weighted by molar-refractivity contribution is 6.10. The monoisotopic (exact) mass is 411 g/mol. The predicted octanol–water partition coefficient (Wildman–Crippen LogP) is 1.93. The van der Waals surface area contributed by atoms with E-state index in [0.717, 1.165) is 43.2 Å². The quantitative estimate of drug-likeness (QED) is 0.765. The number of amides is 4. The summed E-state index contributed by atoms with van der Waals surface area (Å²) in [6, 6.07) is 5.86. The minimum absolute atomic E-state index is 0.151. The molecule has 1 aromatic rings. The van der Waals surface area contributed by atoms with Crippen LogP contribution < -0.4 is 5.73 Å². The third kappa shape index (κ3) is 3.11. The van der Waals surface area contributed by atoms with Gasteiger partial charge in [-0.05, 0) is 32.3 Å². The van der Waals surface area contributed by atoms with Crippen molar-refractivity contribution >= 4 is 23.6 Å². The van der Waals surface area contributed by atoms with Gasteiger partial charge in [0.2, 0.25) is 23.6 Å². The fourth-order valence-corrected chi connectivity index (χ4v) is 5.55. The molecule has 0 spiro atoms. The maximum absolute atomic E-state index is 13.6. The molecule has 1 aliphatic carbocycles. The van der Waals surface area contributed by atoms with E-state index < -0.39 is 35.7 Å². The van der Waals surface area contributed by atoms with Gasteiger partial charge in [0.25, 0.3) is 0 Å². The number of carbonyl (C=O) groups is 4. The van der Waals surface area contributed by atoms with Crippen LogP contribution in [0.1, 0.15) is 56.2 Å². The molecule has 1 aromatic carbocycles. The average molecular weight is 412 g/mol. The SMILES string of the molecule is CCN1C(=O)C2C(C1=O)C(c1ccc(C)cc1)N(C(=O)C1CCCCC1)C2C(N)=O. The second-order valence-electron chi connectivity index (χ2n) is 8.76. The summed E-state index contributed by atoms with van der Waals surface area (Å²) >= 11 is 0. The van der Waals surface area contributed by atoms with E-state index >= 15 is 0 Å². The zero-order valence-corrected chi connectivity index (χ0v) is 17.5. The number of hydrogen-bond donors (Lipinski definition) is 1. The van der Waals surface area contributed by atoms with Crippen molar-refractivity contribution in [2.24, 2.45) is 23.5 Å². The van der Waals surface area contributed by atoms with Gasteiger partial charge in [-0.15, -0.1) is 0 Å². The van der Waals surface area contributed by atoms with Gasteiger partial charge >= 0.3 is 0 Å². The molecular formula is C23H29N3O4. The van der Waals surface area contributed by atoms with Gasteiger partial charge in [0, 0.05) is 12.5 Å². The number of hydrogen-bond acceptors (Lipinski definition) is 4. The number of aryl methyl sites for hydroxylation is 1. The minimum Gasteiger partial charge on any atom is -0.368 e. The van der Waals surface area contributed by atoms with Crippen LogP contribution in [-0.2, 0) is 19.2 Å². The Hall–Kier alpha value is -2.70. The number of primary amides is 1. The molecule has 2 heterocycles. The van der Waals surface area contributed by atoms with E-state index in [1.807, 2.05) is 31.2 Å². The Labute approximate surface area is 176 Å². The molecule has 0 radical (unpaired) electrons. The van der Waals surface area contributed by atoms with E-state index in [-0.39, 0.29) is 24.3 Å². The van der Waals surface area contributed by atoms with Gasteiger partial charge in [-0.2, -0.15) is 0 Å². The van der Waals surface area contributed by atoms with Crippen LogP contribution in [0.25, 0.3) is 0 Å². The van der Waals surface area contributed by atoms with Gasteiger partial charge in [0.15, 0.2) is 0 Å². The summed E-state index contributed by atoms with van der Waals surface area (Å²) < 4.78 is 0. The molecule has 1 saturated carbocycles. The molecule has 4 unspecified atom stereocenters. The standard InChI is InChI=1S/C23H29N3O4/c1-3-25-22(29)16-17(23(25)30)19(20(24)27)26(21(28)15-7-5-4-6-8-15)18(16)14-11-9-13(2)10-12-14/h9-12,15-19H,3-8H2,1-2H3,(H2,24,27). The average Bonchev–Trinajstić information content (AvgIpc) is 3.22. The van der Waals surface area contributed by atoms with E-state index in [0.29, 0.717) is 0 Å². The van der Waals surface area contributed by atoms with Crippen LogP contribution in [0.15, 0.2) is 24.3 Å². The lowest BCUT2D eigenvalue weighted by Gasteiger charge is -2.36. The summed E-state index contributed by atoms with van der Waals surface area (Å²) in [5, 5.41) is 0. The summed E-state index contributed by atoms with van der Waals surface area (Å²) in [6.07, 6.45) is 4.56. The number of benzene rings is 1. The Morgan fingerprint density at radius 1 is 1.00 bits per heavy atom. The third-order valence-electron chi connectivity index (χ3n) is 7.00. The molecule has 3 aliphatic rings. The Morgan fingerprint density at radius 2 is 1.60 bits per heavy atom. The number of fused-ring (bicyclic) bond motifs is 1. The van der Waals surface area contributed by atoms with Crippen molar-refractivity contribution in [3.8, 4) is 0 Å². The maximum atomic E-state index is 13.6. The lowest BCUT2D eigenvalue weighted by atomic mass is 9.86. The molecule has 3 fully saturated rings. The highest BCUT2D eigenvalue weighted by atomic mass is 16.2. The topological polar surface area (TPSA) is 101 Å². The second kappa shape index (κ2) is 7.85. The molecule has 4 atom stereocenters. The van der Waals surface area contributed by atoms with Crippen molar-refractivity contribution in [2.45, 2.75) is 58.0 Å². The highest BCUT2D eigenvalue weighted by Crippen LogP contribution is 2.50. The summed E-state index contributed by atoms with van der Waals surface area (Å²) in [5.41, 5.74) is 7.57. The van der Waals surface area contributed by atoms with Crippen molar-refractivity contribution < 1.29 is 19.2 Å². The molecule has 30 heavy (non-hydrogen) atoms. The molecular weight excluding hydrogens is 382 g/mol. The maximum Gasteiger partial charge on any atom is 0.241 e. The Morgan fingerprint density at radius 3 is 2.17 bits per heavy atom. The second-order valence-corrected chi connectivity index (χ2v) is 8.76. The summed E-state index contributed by atoms with van der Waals surface area (Å²) in [5.74, 6) is -3.46. The fourth-order valence-electron chi connectivity index (χ4n) is 5.55. The smallest absolute Gasteiger partial charge is 0.241 e. The zero-order chi connectivity index (χ0) is 21.6. The lowest BCUT2D eigenvalue weighted by Crippen LogP contribution is -2.52. The van der Waals surface area contributed by atoms with Crippen LogP contribution in [0.2, 0.25) is 0 Å². The number of nitrogens with two attached hydrogens (primary N) is 1. The summed E-state index contributed by atoms with van der Waals surface area (Å²) in [6.45, 7) is 3.94. The molecule has 2 N–H and O–H groups in total. The van der Waals surface area contributed by atoms with E-state index in [2.05, 4.69) is 0 Å². The van der Waals surface area contributed by atoms with E-state index in [9.17, 15) is 19.2 Å². The van der Waals surface area contributed by atoms with Crippen molar-refractivity contribution in [1.29, 1.82) is 0 Å². The number of imide groups is 1. The first-order chi connectivity index (χ1) is 14.4. The first-order valence-corrected chi connectivity index (χ1v) is 10.9. The molecule has 4 rings (SSSR count). The van der Waals surface area contributed by atoms with Gasteiger partial charge in [-0.25, -0.2) is 0 Å². The van der Waals surface area contributed by atoms with Crippen molar-refractivity contribution in [1.82, 2.24) is 9.80 Å². The minimum atomic E-state index is -1.09. The van der Waals surface area contributed by atoms with Gasteiger partial charge in [0.1, 0.15) is 6.04 Å². The van der Waals surface area contributed by atoms with Gasteiger partial charge in [0.05, 0.1) is 17.9 Å². The Kier molecular flexibility index (Phi) is 5.38. The molecule has 7 heteroatoms. The zero-order valence-electron chi connectivity index (χ0n) is 17.5. The number of rotatable bonds is 4. The molecule has 160 valence electrons. The number of nitrogens with zero attached hydrogens (tertiary/aromatic N) is 2. The first-order valence-electron chi connectivity index (χ1n) is 10.9. The number of carbonyl (C=O) groups excluding carboxylic acids is 4. The fraction of sp³-hybridized carbons (Fsp3) is 0.565. The largest absolute Gasteiger partial charge is 0.368 e. The predicted molar refractivity (Wildman–Crippen MR) is 110 cm³/mol.